The van der Waals surface area contributed by atoms with Crippen molar-refractivity contribution in [2.45, 2.75) is 51.0 Å². The maximum Gasteiger partial charge on any atom is 0.223 e. The molecule has 0 atom stereocenters. The Bertz CT molecular complexity index is 293. The summed E-state index contributed by atoms with van der Waals surface area (Å²) in [6.07, 6.45) is 9.35. The van der Waals surface area contributed by atoms with Crippen molar-refractivity contribution in [3.05, 3.63) is 0 Å². The molecule has 0 heterocycles. The zero-order valence-electron chi connectivity index (χ0n) is 9.82. The molecule has 0 unspecified atom stereocenters. The highest BCUT2D eigenvalue weighted by Crippen LogP contribution is 2.56. The van der Waals surface area contributed by atoms with E-state index in [0.29, 0.717) is 17.9 Å². The molecular weight excluding hydrogens is 198 g/mol. The number of hydrogen-bond donors (Lipinski definition) is 1. The second kappa shape index (κ2) is 3.24. The first kappa shape index (κ1) is 9.49. The molecule has 5 fully saturated rings. The fraction of sp³-hybridized carbons (Fsp3) is 0.929. The molecule has 5 aliphatic carbocycles. The van der Waals surface area contributed by atoms with Crippen LogP contribution in [-0.2, 0) is 4.79 Å². The molecule has 0 aromatic rings. The summed E-state index contributed by atoms with van der Waals surface area (Å²) in [6, 6.07) is 0.546. The van der Waals surface area contributed by atoms with Crippen LogP contribution in [0.5, 0.6) is 0 Å². The first-order valence-corrected chi connectivity index (χ1v) is 7.10. The van der Waals surface area contributed by atoms with Gasteiger partial charge in [-0.3, -0.25) is 4.79 Å². The fourth-order valence-electron chi connectivity index (χ4n) is 4.88. The SMILES string of the molecule is O=C(NC1CC1)C1C2CC3CC(C2)CC1C3. The molecule has 0 saturated heterocycles. The quantitative estimate of drug-likeness (QED) is 0.759. The summed E-state index contributed by atoms with van der Waals surface area (Å²) in [5.41, 5.74) is 0. The summed E-state index contributed by atoms with van der Waals surface area (Å²) in [7, 11) is 0. The lowest BCUT2D eigenvalue weighted by Crippen LogP contribution is -2.51. The fourth-order valence-corrected chi connectivity index (χ4v) is 4.88. The van der Waals surface area contributed by atoms with Crippen molar-refractivity contribution >= 4 is 5.91 Å². The van der Waals surface area contributed by atoms with Gasteiger partial charge in [0.05, 0.1) is 0 Å². The van der Waals surface area contributed by atoms with Gasteiger partial charge in [-0.25, -0.2) is 0 Å². The minimum absolute atomic E-state index is 0.397. The monoisotopic (exact) mass is 219 g/mol. The van der Waals surface area contributed by atoms with Gasteiger partial charge in [0.1, 0.15) is 0 Å². The Morgan fingerprint density at radius 2 is 1.44 bits per heavy atom. The van der Waals surface area contributed by atoms with Gasteiger partial charge in [0, 0.05) is 12.0 Å². The molecule has 1 N–H and O–H groups in total. The number of nitrogens with one attached hydrogen (secondary N) is 1. The molecule has 16 heavy (non-hydrogen) atoms. The lowest BCUT2D eigenvalue weighted by atomic mass is 9.51. The summed E-state index contributed by atoms with van der Waals surface area (Å²) >= 11 is 0. The molecule has 88 valence electrons. The molecule has 0 radical (unpaired) electrons. The van der Waals surface area contributed by atoms with Crippen LogP contribution < -0.4 is 5.32 Å². The Balaban J connectivity index is 1.52. The second-order valence-electron chi connectivity index (χ2n) is 6.74. The highest BCUT2D eigenvalue weighted by atomic mass is 16.2. The van der Waals surface area contributed by atoms with Crippen molar-refractivity contribution in [1.29, 1.82) is 0 Å². The minimum Gasteiger partial charge on any atom is -0.353 e. The first-order chi connectivity index (χ1) is 7.79. The minimum atomic E-state index is 0.397. The third-order valence-corrected chi connectivity index (χ3v) is 5.45. The van der Waals surface area contributed by atoms with Gasteiger partial charge in [-0.2, -0.15) is 0 Å². The smallest absolute Gasteiger partial charge is 0.223 e. The van der Waals surface area contributed by atoms with Gasteiger partial charge in [0.25, 0.3) is 0 Å². The van der Waals surface area contributed by atoms with Gasteiger partial charge < -0.3 is 5.32 Å². The number of rotatable bonds is 2. The van der Waals surface area contributed by atoms with Crippen LogP contribution in [0.4, 0.5) is 0 Å². The van der Waals surface area contributed by atoms with Gasteiger partial charge in [-0.15, -0.1) is 0 Å². The summed E-state index contributed by atoms with van der Waals surface area (Å²) in [4.78, 5) is 12.3. The van der Waals surface area contributed by atoms with E-state index in [-0.39, 0.29) is 0 Å². The number of carbonyl (C=O) groups is 1. The molecule has 1 amide bonds. The maximum atomic E-state index is 12.3. The van der Waals surface area contributed by atoms with Crippen LogP contribution in [0.25, 0.3) is 0 Å². The molecule has 0 aromatic heterocycles. The first-order valence-electron chi connectivity index (χ1n) is 7.10. The van der Waals surface area contributed by atoms with E-state index in [4.69, 9.17) is 0 Å². The normalized spacial score (nSPS) is 49.4. The third-order valence-electron chi connectivity index (χ3n) is 5.45. The lowest BCUT2D eigenvalue weighted by Gasteiger charge is -2.53. The van der Waals surface area contributed by atoms with Crippen molar-refractivity contribution in [3.8, 4) is 0 Å². The van der Waals surface area contributed by atoms with E-state index in [1.807, 2.05) is 0 Å². The average Bonchev–Trinajstić information content (AvgIpc) is 2.99. The summed E-state index contributed by atoms with van der Waals surface area (Å²) in [5, 5.41) is 3.24. The van der Waals surface area contributed by atoms with E-state index >= 15 is 0 Å². The van der Waals surface area contributed by atoms with Crippen molar-refractivity contribution in [1.82, 2.24) is 5.32 Å². The second-order valence-corrected chi connectivity index (χ2v) is 6.74. The van der Waals surface area contributed by atoms with E-state index < -0.39 is 0 Å². The number of hydrogen-bond acceptors (Lipinski definition) is 1. The van der Waals surface area contributed by atoms with Crippen LogP contribution >= 0.6 is 0 Å². The molecular formula is C14H21NO. The zero-order valence-corrected chi connectivity index (χ0v) is 9.82. The molecule has 2 heteroatoms. The Labute approximate surface area is 97.2 Å². The van der Waals surface area contributed by atoms with Gasteiger partial charge in [0.2, 0.25) is 5.91 Å². The van der Waals surface area contributed by atoms with Crippen LogP contribution in [0.3, 0.4) is 0 Å². The van der Waals surface area contributed by atoms with E-state index in [2.05, 4.69) is 5.32 Å². The standard InChI is InChI=1S/C14H21NO/c16-14(15-12-1-2-12)13-10-4-8-3-9(6-10)7-11(13)5-8/h8-13H,1-7H2,(H,15,16). The number of amides is 1. The van der Waals surface area contributed by atoms with Crippen molar-refractivity contribution in [3.63, 3.8) is 0 Å². The van der Waals surface area contributed by atoms with Crippen LogP contribution in [-0.4, -0.2) is 11.9 Å². The van der Waals surface area contributed by atoms with E-state index in [1.54, 1.807) is 0 Å². The van der Waals surface area contributed by atoms with Crippen LogP contribution in [0.1, 0.15) is 44.9 Å². The molecule has 0 aliphatic heterocycles. The molecule has 4 bridgehead atoms. The highest BCUT2D eigenvalue weighted by Gasteiger charge is 2.51. The Kier molecular flexibility index (Phi) is 1.92. The lowest BCUT2D eigenvalue weighted by molar-refractivity contribution is -0.138. The van der Waals surface area contributed by atoms with Crippen LogP contribution in [0.2, 0.25) is 0 Å². The van der Waals surface area contributed by atoms with E-state index in [1.165, 1.54) is 44.9 Å². The molecule has 5 saturated carbocycles. The molecule has 0 aromatic carbocycles. The van der Waals surface area contributed by atoms with Crippen molar-refractivity contribution in [2.75, 3.05) is 0 Å². The molecule has 0 spiro atoms. The summed E-state index contributed by atoms with van der Waals surface area (Å²) < 4.78 is 0. The Morgan fingerprint density at radius 1 is 0.875 bits per heavy atom. The van der Waals surface area contributed by atoms with Crippen LogP contribution in [0, 0.1) is 29.6 Å². The summed E-state index contributed by atoms with van der Waals surface area (Å²) in [5.74, 6) is 4.26. The number of carbonyl (C=O) groups excluding carboxylic acids is 1. The molecule has 5 aliphatic rings. The highest BCUT2D eigenvalue weighted by molar-refractivity contribution is 5.80. The predicted octanol–water partition coefficient (Wildman–Crippen LogP) is 2.34. The van der Waals surface area contributed by atoms with Gasteiger partial charge in [0.15, 0.2) is 0 Å². The largest absolute Gasteiger partial charge is 0.353 e. The Hall–Kier alpha value is -0.530. The van der Waals surface area contributed by atoms with Crippen molar-refractivity contribution < 1.29 is 4.79 Å². The van der Waals surface area contributed by atoms with E-state index in [0.717, 1.165) is 23.7 Å². The third kappa shape index (κ3) is 1.42. The van der Waals surface area contributed by atoms with Crippen molar-refractivity contribution in [2.24, 2.45) is 29.6 Å². The topological polar surface area (TPSA) is 29.1 Å². The van der Waals surface area contributed by atoms with Gasteiger partial charge in [-0.05, 0) is 68.6 Å². The molecule has 2 nitrogen and oxygen atoms in total. The predicted molar refractivity (Wildman–Crippen MR) is 61.7 cm³/mol. The average molecular weight is 219 g/mol. The zero-order chi connectivity index (χ0) is 10.7. The Morgan fingerprint density at radius 3 is 1.94 bits per heavy atom. The van der Waals surface area contributed by atoms with Gasteiger partial charge >= 0.3 is 0 Å². The van der Waals surface area contributed by atoms with E-state index in [9.17, 15) is 4.79 Å². The van der Waals surface area contributed by atoms with Crippen LogP contribution in [0.15, 0.2) is 0 Å². The maximum absolute atomic E-state index is 12.3. The summed E-state index contributed by atoms with van der Waals surface area (Å²) in [6.45, 7) is 0. The van der Waals surface area contributed by atoms with Gasteiger partial charge in [-0.1, -0.05) is 0 Å². The molecule has 5 rings (SSSR count).